The van der Waals surface area contributed by atoms with Crippen molar-refractivity contribution in [2.45, 2.75) is 0 Å². The fourth-order valence-electron chi connectivity index (χ4n) is 8.73. The molecule has 12 aromatic rings. The molecule has 0 bridgehead atoms. The summed E-state index contributed by atoms with van der Waals surface area (Å²) < 4.78 is 0. The van der Waals surface area contributed by atoms with Gasteiger partial charge < -0.3 is 0 Å². The number of rotatable bonds is 8. The number of hydrogen-bond acceptors (Lipinski definition) is 7. The fourth-order valence-corrected chi connectivity index (χ4v) is 8.73. The van der Waals surface area contributed by atoms with Crippen LogP contribution in [0.25, 0.3) is 123 Å². The van der Waals surface area contributed by atoms with E-state index in [0.717, 1.165) is 82.8 Å². The van der Waals surface area contributed by atoms with Crippen LogP contribution in [0.2, 0.25) is 0 Å². The highest BCUT2D eigenvalue weighted by atomic mass is 15.0. The van der Waals surface area contributed by atoms with Gasteiger partial charge in [-0.15, -0.1) is 0 Å². The molecule has 9 aromatic carbocycles. The third-order valence-corrected chi connectivity index (χ3v) is 12.0. The lowest BCUT2D eigenvalue weighted by Gasteiger charge is -2.16. The van der Waals surface area contributed by atoms with Crippen LogP contribution >= 0.6 is 0 Å². The number of pyridine rings is 1. The molecular formula is C59H37N7. The van der Waals surface area contributed by atoms with Crippen LogP contribution in [0.3, 0.4) is 0 Å². The first-order chi connectivity index (χ1) is 32.7. The van der Waals surface area contributed by atoms with Gasteiger partial charge in [-0.25, -0.2) is 34.9 Å². The number of fused-ring (bicyclic) bond motifs is 5. The number of para-hydroxylation sites is 1. The van der Waals surface area contributed by atoms with Crippen LogP contribution in [0.15, 0.2) is 224 Å². The van der Waals surface area contributed by atoms with E-state index in [2.05, 4.69) is 103 Å². The second-order valence-corrected chi connectivity index (χ2v) is 16.1. The Balaban J connectivity index is 0.982. The zero-order valence-electron chi connectivity index (χ0n) is 35.5. The van der Waals surface area contributed by atoms with Gasteiger partial charge in [-0.3, -0.25) is 0 Å². The highest BCUT2D eigenvalue weighted by Gasteiger charge is 2.19. The van der Waals surface area contributed by atoms with Crippen molar-refractivity contribution >= 4 is 32.4 Å². The summed E-state index contributed by atoms with van der Waals surface area (Å²) >= 11 is 0. The highest BCUT2D eigenvalue weighted by molar-refractivity contribution is 6.25. The van der Waals surface area contributed by atoms with Gasteiger partial charge in [0.1, 0.15) is 0 Å². The third-order valence-electron chi connectivity index (χ3n) is 12.0. The van der Waals surface area contributed by atoms with Crippen molar-refractivity contribution in [3.8, 4) is 90.7 Å². The molecular weight excluding hydrogens is 807 g/mol. The van der Waals surface area contributed by atoms with Crippen LogP contribution in [0.5, 0.6) is 0 Å². The first-order valence-electron chi connectivity index (χ1n) is 21.9. The van der Waals surface area contributed by atoms with Crippen molar-refractivity contribution in [1.82, 2.24) is 34.9 Å². The highest BCUT2D eigenvalue weighted by Crippen LogP contribution is 2.42. The van der Waals surface area contributed by atoms with Crippen molar-refractivity contribution in [2.24, 2.45) is 0 Å². The van der Waals surface area contributed by atoms with E-state index in [9.17, 15) is 0 Å². The van der Waals surface area contributed by atoms with Gasteiger partial charge in [-0.05, 0) is 34.0 Å². The molecule has 0 amide bonds. The van der Waals surface area contributed by atoms with Gasteiger partial charge in [-0.2, -0.15) is 0 Å². The summed E-state index contributed by atoms with van der Waals surface area (Å²) in [6, 6.07) is 76.6. The molecule has 66 heavy (non-hydrogen) atoms. The van der Waals surface area contributed by atoms with E-state index in [1.54, 1.807) is 0 Å². The molecule has 7 nitrogen and oxygen atoms in total. The average Bonchev–Trinajstić information content (AvgIpc) is 3.41. The Morgan fingerprint density at radius 1 is 0.212 bits per heavy atom. The number of aromatic nitrogens is 7. The van der Waals surface area contributed by atoms with Crippen molar-refractivity contribution in [2.75, 3.05) is 0 Å². The zero-order valence-corrected chi connectivity index (χ0v) is 35.5. The van der Waals surface area contributed by atoms with E-state index < -0.39 is 0 Å². The molecule has 0 saturated heterocycles. The molecule has 3 heterocycles. The quantitative estimate of drug-likeness (QED) is 0.141. The van der Waals surface area contributed by atoms with Crippen molar-refractivity contribution in [3.05, 3.63) is 224 Å². The Bertz CT molecular complexity index is 3600. The molecule has 308 valence electrons. The van der Waals surface area contributed by atoms with Gasteiger partial charge in [-0.1, -0.05) is 212 Å². The molecule has 0 spiro atoms. The molecule has 0 aliphatic carbocycles. The largest absolute Gasteiger partial charge is 0.247 e. The van der Waals surface area contributed by atoms with Crippen molar-refractivity contribution < 1.29 is 0 Å². The van der Waals surface area contributed by atoms with Gasteiger partial charge >= 0.3 is 0 Å². The summed E-state index contributed by atoms with van der Waals surface area (Å²) in [6.45, 7) is 0. The Hall–Kier alpha value is -9.07. The first-order valence-corrected chi connectivity index (χ1v) is 21.9. The van der Waals surface area contributed by atoms with Gasteiger partial charge in [0, 0.05) is 55.1 Å². The van der Waals surface area contributed by atoms with Gasteiger partial charge in [0.2, 0.25) is 0 Å². The lowest BCUT2D eigenvalue weighted by Crippen LogP contribution is -2.00. The molecule has 0 saturated carbocycles. The maximum absolute atomic E-state index is 5.38. The van der Waals surface area contributed by atoms with E-state index in [4.69, 9.17) is 34.9 Å². The Labute approximate surface area is 380 Å². The van der Waals surface area contributed by atoms with E-state index in [-0.39, 0.29) is 0 Å². The second kappa shape index (κ2) is 16.6. The number of nitrogens with zero attached hydrogens (tertiary/aromatic N) is 7. The number of benzene rings is 9. The zero-order chi connectivity index (χ0) is 43.8. The Kier molecular flexibility index (Phi) is 9.69. The van der Waals surface area contributed by atoms with Crippen LogP contribution in [0, 0.1) is 0 Å². The van der Waals surface area contributed by atoms with E-state index >= 15 is 0 Å². The van der Waals surface area contributed by atoms with Crippen LogP contribution in [-0.2, 0) is 0 Å². The SMILES string of the molecule is c1ccc(-c2nc(-c3ccccc3)nc(-c3ccc(-c4cc5c(-c6ccc(-c7nc(-c8ccccc8)nc(-c8ccccc8)n7)cc6)nc6ccccc6c5c5ccccc45)cc3)n2)cc1. The van der Waals surface area contributed by atoms with Crippen LogP contribution in [0.1, 0.15) is 0 Å². The normalized spacial score (nSPS) is 11.3. The summed E-state index contributed by atoms with van der Waals surface area (Å²) in [5, 5.41) is 5.66. The first kappa shape index (κ1) is 38.6. The molecule has 0 aliphatic rings. The average molecular weight is 844 g/mol. The predicted octanol–water partition coefficient (Wildman–Crippen LogP) is 14.2. The molecule has 3 aromatic heterocycles. The van der Waals surface area contributed by atoms with Gasteiger partial charge in [0.15, 0.2) is 34.9 Å². The molecule has 0 radical (unpaired) electrons. The summed E-state index contributed by atoms with van der Waals surface area (Å²) in [4.78, 5) is 35.1. The standard InChI is InChI=1S/C59H37N7/c1-5-17-40(18-6-1)54-61-55(41-19-7-2-8-20-41)64-58(63-54)44-33-29-38(30-34-44)49-37-50-52(47-26-14-13-25-46(47)49)48-27-15-16-28-51(48)60-53(50)39-31-35-45(36-32-39)59-65-56(42-21-9-3-10-22-42)62-57(66-59)43-23-11-4-12-24-43/h1-37H. The minimum absolute atomic E-state index is 0.604. The van der Waals surface area contributed by atoms with E-state index in [1.165, 1.54) is 5.39 Å². The summed E-state index contributed by atoms with van der Waals surface area (Å²) in [7, 11) is 0. The van der Waals surface area contributed by atoms with Gasteiger partial charge in [0.05, 0.1) is 11.2 Å². The molecule has 0 unspecified atom stereocenters. The smallest absolute Gasteiger partial charge is 0.164 e. The molecule has 7 heteroatoms. The summed E-state index contributed by atoms with van der Waals surface area (Å²) in [5.41, 5.74) is 10.5. The lowest BCUT2D eigenvalue weighted by molar-refractivity contribution is 1.07. The maximum atomic E-state index is 5.38. The molecule has 0 aliphatic heterocycles. The minimum Gasteiger partial charge on any atom is -0.247 e. The minimum atomic E-state index is 0.604. The van der Waals surface area contributed by atoms with E-state index in [1.807, 2.05) is 121 Å². The van der Waals surface area contributed by atoms with E-state index in [0.29, 0.717) is 34.9 Å². The summed E-state index contributed by atoms with van der Waals surface area (Å²) in [6.07, 6.45) is 0. The van der Waals surface area contributed by atoms with Crippen LogP contribution in [-0.4, -0.2) is 34.9 Å². The lowest BCUT2D eigenvalue weighted by atomic mass is 9.89. The van der Waals surface area contributed by atoms with Gasteiger partial charge in [0.25, 0.3) is 0 Å². The Morgan fingerprint density at radius 2 is 0.530 bits per heavy atom. The fraction of sp³-hybridized carbons (Fsp3) is 0. The molecule has 0 N–H and O–H groups in total. The topological polar surface area (TPSA) is 90.2 Å². The summed E-state index contributed by atoms with van der Waals surface area (Å²) in [5.74, 6) is 3.73. The third kappa shape index (κ3) is 7.20. The van der Waals surface area contributed by atoms with Crippen LogP contribution < -0.4 is 0 Å². The number of hydrogen-bond donors (Lipinski definition) is 0. The molecule has 0 atom stereocenters. The monoisotopic (exact) mass is 843 g/mol. The Morgan fingerprint density at radius 3 is 0.955 bits per heavy atom. The predicted molar refractivity (Wildman–Crippen MR) is 267 cm³/mol. The molecule has 12 rings (SSSR count). The van der Waals surface area contributed by atoms with Crippen LogP contribution in [0.4, 0.5) is 0 Å². The second-order valence-electron chi connectivity index (χ2n) is 16.1. The maximum Gasteiger partial charge on any atom is 0.164 e. The van der Waals surface area contributed by atoms with Crippen molar-refractivity contribution in [3.63, 3.8) is 0 Å². The van der Waals surface area contributed by atoms with Crippen molar-refractivity contribution in [1.29, 1.82) is 0 Å². The molecule has 0 fully saturated rings.